The molecular weight excluding hydrogens is 188 g/mol. The van der Waals surface area contributed by atoms with E-state index in [-0.39, 0.29) is 5.78 Å². The third kappa shape index (κ3) is 3.58. The molecule has 0 unspecified atom stereocenters. The zero-order valence-corrected chi connectivity index (χ0v) is 9.41. The van der Waals surface area contributed by atoms with Crippen LogP contribution in [0.4, 0.5) is 0 Å². The summed E-state index contributed by atoms with van der Waals surface area (Å²) in [4.78, 5) is 10.9. The summed E-state index contributed by atoms with van der Waals surface area (Å²) in [5.41, 5.74) is 2.03. The summed E-state index contributed by atoms with van der Waals surface area (Å²) in [5, 5.41) is 0. The molecule has 0 aliphatic heterocycles. The summed E-state index contributed by atoms with van der Waals surface area (Å²) in [6.45, 7) is 6.10. The molecule has 0 bridgehead atoms. The molecule has 2 heteroatoms. The molecule has 1 aromatic carbocycles. The zero-order chi connectivity index (χ0) is 11.3. The van der Waals surface area contributed by atoms with Gasteiger partial charge in [0.15, 0.2) is 5.78 Å². The molecule has 0 amide bonds. The molecule has 2 nitrogen and oxygen atoms in total. The molecule has 0 radical (unpaired) electrons. The highest BCUT2D eigenvalue weighted by molar-refractivity contribution is 5.94. The Balaban J connectivity index is 2.84. The third-order valence-electron chi connectivity index (χ3n) is 2.04. The Kier molecular flexibility index (Phi) is 4.10. The highest BCUT2D eigenvalue weighted by atomic mass is 16.5. The molecule has 0 saturated heterocycles. The van der Waals surface area contributed by atoms with Gasteiger partial charge in [0.2, 0.25) is 0 Å². The molecular formula is C13H16O2. The molecule has 1 aromatic rings. The molecule has 0 aromatic heterocycles. The molecule has 0 fully saturated rings. The largest absolute Gasteiger partial charge is 0.494 e. The molecule has 0 aliphatic carbocycles. The predicted molar refractivity (Wildman–Crippen MR) is 61.9 cm³/mol. The van der Waals surface area contributed by atoms with Crippen molar-refractivity contribution in [2.75, 3.05) is 6.61 Å². The van der Waals surface area contributed by atoms with Gasteiger partial charge in [0, 0.05) is 0 Å². The maximum Gasteiger partial charge on any atom is 0.152 e. The summed E-state index contributed by atoms with van der Waals surface area (Å²) < 4.78 is 5.34. The number of hydrogen-bond acceptors (Lipinski definition) is 2. The number of ketones is 1. The van der Waals surface area contributed by atoms with Crippen LogP contribution in [0.2, 0.25) is 0 Å². The van der Waals surface area contributed by atoms with Gasteiger partial charge in [-0.15, -0.1) is 0 Å². The Morgan fingerprint density at radius 2 is 1.87 bits per heavy atom. The Morgan fingerprint density at radius 1 is 1.27 bits per heavy atom. The van der Waals surface area contributed by atoms with Gasteiger partial charge in [-0.3, -0.25) is 4.79 Å². The van der Waals surface area contributed by atoms with Crippen molar-refractivity contribution in [1.29, 1.82) is 0 Å². The lowest BCUT2D eigenvalue weighted by Crippen LogP contribution is -1.91. The Hall–Kier alpha value is -1.57. The smallest absolute Gasteiger partial charge is 0.152 e. The second-order valence-corrected chi connectivity index (χ2v) is 3.40. The minimum absolute atomic E-state index is 0.0707. The lowest BCUT2D eigenvalue weighted by Gasteiger charge is -2.04. The van der Waals surface area contributed by atoms with Crippen LogP contribution in [-0.2, 0) is 4.79 Å². The average Bonchev–Trinajstić information content (AvgIpc) is 2.18. The monoisotopic (exact) mass is 204 g/mol. The van der Waals surface area contributed by atoms with Gasteiger partial charge in [-0.05, 0) is 50.1 Å². The lowest BCUT2D eigenvalue weighted by molar-refractivity contribution is -0.112. The van der Waals surface area contributed by atoms with E-state index in [2.05, 4.69) is 0 Å². The quantitative estimate of drug-likeness (QED) is 0.704. The Labute approximate surface area is 90.6 Å². The van der Waals surface area contributed by atoms with Gasteiger partial charge in [0.1, 0.15) is 5.75 Å². The van der Waals surface area contributed by atoms with E-state index in [0.29, 0.717) is 6.61 Å². The minimum atomic E-state index is 0.0707. The zero-order valence-electron chi connectivity index (χ0n) is 9.41. The van der Waals surface area contributed by atoms with Crippen LogP contribution < -0.4 is 4.74 Å². The molecule has 0 spiro atoms. The first-order valence-electron chi connectivity index (χ1n) is 5.05. The van der Waals surface area contributed by atoms with E-state index < -0.39 is 0 Å². The van der Waals surface area contributed by atoms with Crippen LogP contribution in [0.5, 0.6) is 5.75 Å². The van der Waals surface area contributed by atoms with Crippen molar-refractivity contribution in [3.8, 4) is 5.75 Å². The van der Waals surface area contributed by atoms with Crippen LogP contribution in [0.3, 0.4) is 0 Å². The average molecular weight is 204 g/mol. The van der Waals surface area contributed by atoms with Crippen molar-refractivity contribution in [2.45, 2.75) is 20.8 Å². The number of carbonyl (C=O) groups excluding carboxylic acids is 1. The highest BCUT2D eigenvalue weighted by Gasteiger charge is 1.98. The van der Waals surface area contributed by atoms with Gasteiger partial charge >= 0.3 is 0 Å². The van der Waals surface area contributed by atoms with Crippen LogP contribution in [-0.4, -0.2) is 12.4 Å². The second kappa shape index (κ2) is 5.35. The van der Waals surface area contributed by atoms with E-state index in [1.165, 1.54) is 0 Å². The number of ether oxygens (including phenoxy) is 1. The first kappa shape index (κ1) is 11.5. The van der Waals surface area contributed by atoms with Crippen molar-refractivity contribution in [1.82, 2.24) is 0 Å². The van der Waals surface area contributed by atoms with E-state index in [4.69, 9.17) is 4.74 Å². The summed E-state index contributed by atoms with van der Waals surface area (Å²) in [6.07, 6.45) is 1.63. The fourth-order valence-corrected chi connectivity index (χ4v) is 1.37. The van der Waals surface area contributed by atoms with E-state index in [1.807, 2.05) is 38.1 Å². The first-order chi connectivity index (χ1) is 7.13. The van der Waals surface area contributed by atoms with Crippen LogP contribution in [0.25, 0.3) is 5.57 Å². The van der Waals surface area contributed by atoms with Crippen LogP contribution in [0, 0.1) is 0 Å². The second-order valence-electron chi connectivity index (χ2n) is 3.40. The molecule has 80 valence electrons. The summed E-state index contributed by atoms with van der Waals surface area (Å²) in [6, 6.07) is 7.74. The fourth-order valence-electron chi connectivity index (χ4n) is 1.37. The van der Waals surface area contributed by atoms with Gasteiger partial charge in [0.25, 0.3) is 0 Å². The summed E-state index contributed by atoms with van der Waals surface area (Å²) >= 11 is 0. The van der Waals surface area contributed by atoms with Crippen molar-refractivity contribution < 1.29 is 9.53 Å². The molecule has 0 saturated carbocycles. The fraction of sp³-hybridized carbons (Fsp3) is 0.308. The number of benzene rings is 1. The molecule has 0 heterocycles. The van der Waals surface area contributed by atoms with Crippen molar-refractivity contribution in [3.63, 3.8) is 0 Å². The number of hydrogen-bond donors (Lipinski definition) is 0. The SMILES string of the molecule is CCOc1ccc(/C(C)=C/C(C)=O)cc1. The molecule has 0 N–H and O–H groups in total. The van der Waals surface area contributed by atoms with Crippen molar-refractivity contribution in [2.24, 2.45) is 0 Å². The number of carbonyl (C=O) groups is 1. The van der Waals surface area contributed by atoms with E-state index in [0.717, 1.165) is 16.9 Å². The van der Waals surface area contributed by atoms with E-state index >= 15 is 0 Å². The van der Waals surface area contributed by atoms with Crippen LogP contribution in [0.15, 0.2) is 30.3 Å². The van der Waals surface area contributed by atoms with Gasteiger partial charge in [0.05, 0.1) is 6.61 Å². The summed E-state index contributed by atoms with van der Waals surface area (Å²) in [5.74, 6) is 0.929. The highest BCUT2D eigenvalue weighted by Crippen LogP contribution is 2.18. The van der Waals surface area contributed by atoms with Crippen molar-refractivity contribution >= 4 is 11.4 Å². The lowest BCUT2D eigenvalue weighted by atomic mass is 10.1. The topological polar surface area (TPSA) is 26.3 Å². The standard InChI is InChI=1S/C13H16O2/c1-4-15-13-7-5-12(6-8-13)10(2)9-11(3)14/h5-9H,4H2,1-3H3/b10-9+. The normalized spacial score (nSPS) is 11.3. The van der Waals surface area contributed by atoms with E-state index in [9.17, 15) is 4.79 Å². The number of allylic oxidation sites excluding steroid dienone is 2. The molecule has 15 heavy (non-hydrogen) atoms. The maximum atomic E-state index is 10.9. The molecule has 0 atom stereocenters. The van der Waals surface area contributed by atoms with Crippen molar-refractivity contribution in [3.05, 3.63) is 35.9 Å². The van der Waals surface area contributed by atoms with Gasteiger partial charge in [-0.25, -0.2) is 0 Å². The molecule has 1 rings (SSSR count). The minimum Gasteiger partial charge on any atom is -0.494 e. The number of rotatable bonds is 4. The van der Waals surface area contributed by atoms with Gasteiger partial charge < -0.3 is 4.74 Å². The van der Waals surface area contributed by atoms with E-state index in [1.54, 1.807) is 13.0 Å². The first-order valence-corrected chi connectivity index (χ1v) is 5.05. The Morgan fingerprint density at radius 3 is 2.33 bits per heavy atom. The van der Waals surface area contributed by atoms with Gasteiger partial charge in [-0.2, -0.15) is 0 Å². The predicted octanol–water partition coefficient (Wildman–Crippen LogP) is 3.08. The summed E-state index contributed by atoms with van der Waals surface area (Å²) in [7, 11) is 0. The van der Waals surface area contributed by atoms with Crippen LogP contribution >= 0.6 is 0 Å². The van der Waals surface area contributed by atoms with Crippen LogP contribution in [0.1, 0.15) is 26.3 Å². The maximum absolute atomic E-state index is 10.9. The van der Waals surface area contributed by atoms with Gasteiger partial charge in [-0.1, -0.05) is 12.1 Å². The Bertz CT molecular complexity index is 361. The third-order valence-corrected chi connectivity index (χ3v) is 2.04. The molecule has 0 aliphatic rings.